The summed E-state index contributed by atoms with van der Waals surface area (Å²) in [5.41, 5.74) is 3.38. The highest BCUT2D eigenvalue weighted by atomic mass is 35.5. The fourth-order valence-electron chi connectivity index (χ4n) is 2.67. The van der Waals surface area contributed by atoms with Crippen LogP contribution < -0.4 is 14.8 Å². The molecule has 0 atom stereocenters. The fraction of sp³-hybridized carbons (Fsp3) is 0.455. The molecule has 1 N–H and O–H groups in total. The SMILES string of the molecule is CCOc1cc(CNCCC(C)C)c(Cl)cc1OCc1cccc(C)c1. The van der Waals surface area contributed by atoms with Crippen molar-refractivity contribution in [3.8, 4) is 11.5 Å². The second-order valence-corrected chi connectivity index (χ2v) is 7.37. The first kappa shape index (κ1) is 20.6. The summed E-state index contributed by atoms with van der Waals surface area (Å²) < 4.78 is 11.8. The predicted octanol–water partition coefficient (Wildman–Crippen LogP) is 5.76. The summed E-state index contributed by atoms with van der Waals surface area (Å²) in [5.74, 6) is 2.11. The lowest BCUT2D eigenvalue weighted by molar-refractivity contribution is 0.269. The highest BCUT2D eigenvalue weighted by Crippen LogP contribution is 2.34. The van der Waals surface area contributed by atoms with Gasteiger partial charge in [-0.2, -0.15) is 0 Å². The van der Waals surface area contributed by atoms with Gasteiger partial charge in [0.2, 0.25) is 0 Å². The molecule has 0 aliphatic heterocycles. The van der Waals surface area contributed by atoms with Crippen molar-refractivity contribution in [2.75, 3.05) is 13.2 Å². The van der Waals surface area contributed by atoms with Crippen LogP contribution in [-0.2, 0) is 13.2 Å². The minimum absolute atomic E-state index is 0.490. The van der Waals surface area contributed by atoms with Crippen molar-refractivity contribution in [3.63, 3.8) is 0 Å². The second kappa shape index (κ2) is 10.4. The molecule has 0 heterocycles. The molecule has 0 radical (unpaired) electrons. The molecule has 0 saturated heterocycles. The Labute approximate surface area is 162 Å². The normalized spacial score (nSPS) is 11.0. The zero-order chi connectivity index (χ0) is 18.9. The van der Waals surface area contributed by atoms with E-state index in [-0.39, 0.29) is 0 Å². The molecular formula is C22H30ClNO2. The van der Waals surface area contributed by atoms with Crippen LogP contribution in [0.15, 0.2) is 36.4 Å². The number of benzene rings is 2. The maximum Gasteiger partial charge on any atom is 0.163 e. The molecule has 2 aromatic carbocycles. The summed E-state index contributed by atoms with van der Waals surface area (Å²) in [6.45, 7) is 11.3. The van der Waals surface area contributed by atoms with Gasteiger partial charge in [0.1, 0.15) is 6.61 Å². The van der Waals surface area contributed by atoms with Crippen molar-refractivity contribution in [1.29, 1.82) is 0 Å². The molecule has 0 aliphatic carbocycles. The minimum atomic E-state index is 0.490. The number of rotatable bonds is 10. The van der Waals surface area contributed by atoms with Crippen LogP contribution in [0.1, 0.15) is 43.9 Å². The van der Waals surface area contributed by atoms with Crippen molar-refractivity contribution in [2.24, 2.45) is 5.92 Å². The number of hydrogen-bond acceptors (Lipinski definition) is 3. The van der Waals surface area contributed by atoms with E-state index < -0.39 is 0 Å². The molecule has 26 heavy (non-hydrogen) atoms. The molecule has 3 nitrogen and oxygen atoms in total. The third-order valence-corrected chi connectivity index (χ3v) is 4.46. The summed E-state index contributed by atoms with van der Waals surface area (Å²) in [6, 6.07) is 12.1. The summed E-state index contributed by atoms with van der Waals surface area (Å²) in [7, 11) is 0. The minimum Gasteiger partial charge on any atom is -0.490 e. The average Bonchev–Trinajstić information content (AvgIpc) is 2.59. The monoisotopic (exact) mass is 375 g/mol. The van der Waals surface area contributed by atoms with Crippen molar-refractivity contribution < 1.29 is 9.47 Å². The van der Waals surface area contributed by atoms with Gasteiger partial charge in [-0.1, -0.05) is 55.3 Å². The zero-order valence-corrected chi connectivity index (χ0v) is 17.0. The number of ether oxygens (including phenoxy) is 2. The summed E-state index contributed by atoms with van der Waals surface area (Å²) in [4.78, 5) is 0. The van der Waals surface area contributed by atoms with Gasteiger partial charge in [-0.3, -0.25) is 0 Å². The maximum atomic E-state index is 6.47. The van der Waals surface area contributed by atoms with Crippen LogP contribution in [0.5, 0.6) is 11.5 Å². The molecule has 142 valence electrons. The lowest BCUT2D eigenvalue weighted by Crippen LogP contribution is -2.16. The molecule has 0 saturated carbocycles. The van der Waals surface area contributed by atoms with E-state index in [1.807, 2.05) is 25.1 Å². The van der Waals surface area contributed by atoms with Crippen LogP contribution in [0.25, 0.3) is 0 Å². The summed E-state index contributed by atoms with van der Waals surface area (Å²) in [6.07, 6.45) is 1.15. The van der Waals surface area contributed by atoms with Gasteiger partial charge in [0.25, 0.3) is 0 Å². The van der Waals surface area contributed by atoms with Crippen molar-refractivity contribution in [3.05, 3.63) is 58.1 Å². The smallest absolute Gasteiger partial charge is 0.163 e. The molecule has 0 unspecified atom stereocenters. The van der Waals surface area contributed by atoms with Crippen molar-refractivity contribution in [2.45, 2.75) is 47.3 Å². The van der Waals surface area contributed by atoms with Crippen LogP contribution in [0.3, 0.4) is 0 Å². The Bertz CT molecular complexity index is 701. The molecule has 0 spiro atoms. The third kappa shape index (κ3) is 6.54. The van der Waals surface area contributed by atoms with Gasteiger partial charge in [0, 0.05) is 17.6 Å². The number of nitrogens with one attached hydrogen (secondary N) is 1. The maximum absolute atomic E-state index is 6.47. The van der Waals surface area contributed by atoms with E-state index in [1.165, 1.54) is 5.56 Å². The zero-order valence-electron chi connectivity index (χ0n) is 16.3. The van der Waals surface area contributed by atoms with Crippen LogP contribution in [-0.4, -0.2) is 13.2 Å². The first-order chi connectivity index (χ1) is 12.5. The average molecular weight is 376 g/mol. The molecule has 0 amide bonds. The van der Waals surface area contributed by atoms with E-state index in [4.69, 9.17) is 21.1 Å². The Hall–Kier alpha value is -1.71. The molecule has 0 aliphatic rings. The van der Waals surface area contributed by atoms with Gasteiger partial charge in [-0.25, -0.2) is 0 Å². The topological polar surface area (TPSA) is 30.5 Å². The highest BCUT2D eigenvalue weighted by molar-refractivity contribution is 6.31. The Morgan fingerprint density at radius 3 is 2.54 bits per heavy atom. The predicted molar refractivity (Wildman–Crippen MR) is 109 cm³/mol. The molecule has 0 fully saturated rings. The van der Waals surface area contributed by atoms with E-state index in [9.17, 15) is 0 Å². The van der Waals surface area contributed by atoms with Gasteiger partial charge in [0.15, 0.2) is 11.5 Å². The summed E-state index contributed by atoms with van der Waals surface area (Å²) in [5, 5.41) is 4.14. The van der Waals surface area contributed by atoms with E-state index in [2.05, 4.69) is 44.3 Å². The van der Waals surface area contributed by atoms with Crippen LogP contribution in [0.4, 0.5) is 0 Å². The standard InChI is InChI=1S/C22H30ClNO2/c1-5-25-21-12-19(14-24-10-9-16(2)3)20(23)13-22(21)26-15-18-8-6-7-17(4)11-18/h6-8,11-13,16,24H,5,9-10,14-15H2,1-4H3. The molecule has 2 aromatic rings. The Morgan fingerprint density at radius 1 is 1.08 bits per heavy atom. The second-order valence-electron chi connectivity index (χ2n) is 6.96. The number of halogens is 1. The van der Waals surface area contributed by atoms with E-state index in [0.717, 1.165) is 36.4 Å². The lowest BCUT2D eigenvalue weighted by Gasteiger charge is -2.16. The van der Waals surface area contributed by atoms with Gasteiger partial charge in [-0.05, 0) is 49.9 Å². The summed E-state index contributed by atoms with van der Waals surface area (Å²) >= 11 is 6.47. The van der Waals surface area contributed by atoms with Gasteiger partial charge >= 0.3 is 0 Å². The van der Waals surface area contributed by atoms with Gasteiger partial charge < -0.3 is 14.8 Å². The first-order valence-corrected chi connectivity index (χ1v) is 9.71. The van der Waals surface area contributed by atoms with Gasteiger partial charge in [0.05, 0.1) is 6.61 Å². The molecule has 0 bridgehead atoms. The third-order valence-electron chi connectivity index (χ3n) is 4.10. The van der Waals surface area contributed by atoms with Crippen molar-refractivity contribution >= 4 is 11.6 Å². The largest absolute Gasteiger partial charge is 0.490 e. The van der Waals surface area contributed by atoms with E-state index in [1.54, 1.807) is 0 Å². The highest BCUT2D eigenvalue weighted by Gasteiger charge is 2.11. The van der Waals surface area contributed by atoms with Crippen LogP contribution in [0, 0.1) is 12.8 Å². The van der Waals surface area contributed by atoms with Crippen molar-refractivity contribution in [1.82, 2.24) is 5.32 Å². The van der Waals surface area contributed by atoms with Gasteiger partial charge in [-0.15, -0.1) is 0 Å². The van der Waals surface area contributed by atoms with Crippen LogP contribution >= 0.6 is 11.6 Å². The molecular weight excluding hydrogens is 346 g/mol. The van der Waals surface area contributed by atoms with Crippen LogP contribution in [0.2, 0.25) is 5.02 Å². The van der Waals surface area contributed by atoms with E-state index >= 15 is 0 Å². The quantitative estimate of drug-likeness (QED) is 0.535. The Morgan fingerprint density at radius 2 is 1.85 bits per heavy atom. The molecule has 4 heteroatoms. The Balaban J connectivity index is 2.06. The molecule has 2 rings (SSSR count). The Kier molecular flexibility index (Phi) is 8.27. The lowest BCUT2D eigenvalue weighted by atomic mass is 10.1. The molecule has 0 aromatic heterocycles. The number of aryl methyl sites for hydroxylation is 1. The number of hydrogen-bond donors (Lipinski definition) is 1. The first-order valence-electron chi connectivity index (χ1n) is 9.33. The van der Waals surface area contributed by atoms with E-state index in [0.29, 0.717) is 29.9 Å². The fourth-order valence-corrected chi connectivity index (χ4v) is 2.89.